The zero-order chi connectivity index (χ0) is 15.8. The van der Waals surface area contributed by atoms with Crippen LogP contribution in [0.15, 0.2) is 12.1 Å². The quantitative estimate of drug-likeness (QED) is 0.500. The topological polar surface area (TPSA) is 113 Å². The van der Waals surface area contributed by atoms with Crippen molar-refractivity contribution >= 4 is 28.1 Å². The lowest BCUT2D eigenvalue weighted by Gasteiger charge is -2.38. The van der Waals surface area contributed by atoms with Gasteiger partial charge in [-0.1, -0.05) is 0 Å². The number of hydrogen-bond acceptors (Lipinski definition) is 7. The minimum absolute atomic E-state index is 0.00639. The number of ether oxygens (including phenoxy) is 1. The van der Waals surface area contributed by atoms with Crippen molar-refractivity contribution in [2.24, 2.45) is 0 Å². The van der Waals surface area contributed by atoms with Gasteiger partial charge in [-0.25, -0.2) is 4.79 Å². The Hall–Kier alpha value is -1.84. The Bertz CT molecular complexity index is 604. The van der Waals surface area contributed by atoms with Gasteiger partial charge in [-0.15, -0.1) is 10.8 Å². The Kier molecular flexibility index (Phi) is 4.08. The summed E-state index contributed by atoms with van der Waals surface area (Å²) in [6, 6.07) is 2.53. The van der Waals surface area contributed by atoms with Crippen LogP contribution in [0.5, 0.6) is 0 Å². The fourth-order valence-corrected chi connectivity index (χ4v) is 3.97. The molecule has 1 aliphatic rings. The molecule has 0 unspecified atom stereocenters. The highest BCUT2D eigenvalue weighted by Crippen LogP contribution is 2.52. The molecule has 0 atom stereocenters. The monoisotopic (exact) mass is 316 g/mol. The fourth-order valence-electron chi connectivity index (χ4n) is 2.30. The fraction of sp³-hybridized carbons (Fsp3) is 0.417. The number of anilines is 1. The van der Waals surface area contributed by atoms with E-state index in [9.17, 15) is 24.0 Å². The van der Waals surface area contributed by atoms with Gasteiger partial charge in [-0.3, -0.25) is 23.5 Å². The standard InChI is InChI=1S/C12H16N2O6S/c1-8-10(13-4-3-5-21(13,18)19)6-9(12(15)20-2)7-11(8)14(16)17/h6-7,18-19H,3-5H2,1-2H3. The first kappa shape index (κ1) is 15.5. The molecule has 21 heavy (non-hydrogen) atoms. The van der Waals surface area contributed by atoms with Gasteiger partial charge in [0.2, 0.25) is 0 Å². The van der Waals surface area contributed by atoms with E-state index >= 15 is 0 Å². The van der Waals surface area contributed by atoms with Gasteiger partial charge < -0.3 is 4.74 Å². The molecule has 0 spiro atoms. The predicted octanol–water partition coefficient (Wildman–Crippen LogP) is 2.57. The number of hydrogen-bond donors (Lipinski definition) is 2. The molecule has 0 bridgehead atoms. The minimum Gasteiger partial charge on any atom is -0.465 e. The van der Waals surface area contributed by atoms with Crippen LogP contribution < -0.4 is 4.31 Å². The third kappa shape index (κ3) is 2.80. The van der Waals surface area contributed by atoms with Gasteiger partial charge in [0.1, 0.15) is 0 Å². The molecular formula is C12H16N2O6S. The molecule has 0 aromatic heterocycles. The van der Waals surface area contributed by atoms with E-state index in [-0.39, 0.29) is 28.3 Å². The molecule has 1 aliphatic heterocycles. The summed E-state index contributed by atoms with van der Waals surface area (Å²) in [5.41, 5.74) is 0.318. The molecular weight excluding hydrogens is 300 g/mol. The van der Waals surface area contributed by atoms with Crippen LogP contribution in [0.25, 0.3) is 0 Å². The van der Waals surface area contributed by atoms with E-state index in [1.807, 2.05) is 0 Å². The first-order chi connectivity index (χ1) is 9.77. The summed E-state index contributed by atoms with van der Waals surface area (Å²) in [4.78, 5) is 22.2. The molecule has 1 aromatic rings. The third-order valence-corrected chi connectivity index (χ3v) is 5.29. The molecule has 1 saturated heterocycles. The zero-order valence-corrected chi connectivity index (χ0v) is 12.4. The van der Waals surface area contributed by atoms with Crippen LogP contribution >= 0.6 is 10.8 Å². The van der Waals surface area contributed by atoms with E-state index < -0.39 is 21.7 Å². The summed E-state index contributed by atoms with van der Waals surface area (Å²) in [6.45, 7) is 1.88. The highest BCUT2D eigenvalue weighted by atomic mass is 32.3. The van der Waals surface area contributed by atoms with Crippen LogP contribution in [0.4, 0.5) is 11.4 Å². The molecule has 9 heteroatoms. The van der Waals surface area contributed by atoms with Gasteiger partial charge in [0.05, 0.1) is 34.6 Å². The van der Waals surface area contributed by atoms with Crippen molar-refractivity contribution in [2.45, 2.75) is 13.3 Å². The SMILES string of the molecule is COC(=O)c1cc(N2CCCS2(O)O)c(C)c([N+](=O)[O-])c1. The Balaban J connectivity index is 2.61. The van der Waals surface area contributed by atoms with Crippen molar-refractivity contribution in [3.63, 3.8) is 0 Å². The van der Waals surface area contributed by atoms with Gasteiger partial charge in [-0.2, -0.15) is 0 Å². The number of methoxy groups -OCH3 is 1. The van der Waals surface area contributed by atoms with Crippen LogP contribution in [0.3, 0.4) is 0 Å². The highest BCUT2D eigenvalue weighted by Gasteiger charge is 2.33. The number of nitro groups is 1. The van der Waals surface area contributed by atoms with E-state index in [4.69, 9.17) is 0 Å². The zero-order valence-electron chi connectivity index (χ0n) is 11.6. The molecule has 116 valence electrons. The number of esters is 1. The Labute approximate surface area is 123 Å². The third-order valence-electron chi connectivity index (χ3n) is 3.37. The summed E-state index contributed by atoms with van der Waals surface area (Å²) in [5, 5.41) is 11.1. The number of carbonyl (C=O) groups is 1. The Morgan fingerprint density at radius 1 is 1.48 bits per heavy atom. The van der Waals surface area contributed by atoms with E-state index in [2.05, 4.69) is 4.74 Å². The lowest BCUT2D eigenvalue weighted by Crippen LogP contribution is -2.23. The molecule has 0 aliphatic carbocycles. The second-order valence-corrected chi connectivity index (χ2v) is 6.79. The van der Waals surface area contributed by atoms with Crippen LogP contribution in [0.2, 0.25) is 0 Å². The maximum atomic E-state index is 11.6. The summed E-state index contributed by atoms with van der Waals surface area (Å²) in [5.74, 6) is -0.502. The minimum atomic E-state index is -3.00. The van der Waals surface area contributed by atoms with Crippen molar-refractivity contribution in [2.75, 3.05) is 23.7 Å². The molecule has 1 fully saturated rings. The van der Waals surface area contributed by atoms with Crippen LogP contribution in [0.1, 0.15) is 22.3 Å². The van der Waals surface area contributed by atoms with Crippen molar-refractivity contribution in [3.05, 3.63) is 33.4 Å². The van der Waals surface area contributed by atoms with Crippen molar-refractivity contribution in [3.8, 4) is 0 Å². The van der Waals surface area contributed by atoms with Crippen molar-refractivity contribution in [1.29, 1.82) is 0 Å². The number of carbonyl (C=O) groups excluding carboxylic acids is 1. The second-order valence-electron chi connectivity index (χ2n) is 4.68. The first-order valence-electron chi connectivity index (χ1n) is 6.19. The van der Waals surface area contributed by atoms with E-state index in [0.717, 1.165) is 6.07 Å². The summed E-state index contributed by atoms with van der Waals surface area (Å²) in [6.07, 6.45) is 0.567. The Morgan fingerprint density at radius 3 is 2.62 bits per heavy atom. The lowest BCUT2D eigenvalue weighted by molar-refractivity contribution is -0.385. The van der Waals surface area contributed by atoms with Crippen molar-refractivity contribution < 1.29 is 23.6 Å². The van der Waals surface area contributed by atoms with Gasteiger partial charge in [-0.05, 0) is 19.4 Å². The van der Waals surface area contributed by atoms with E-state index in [1.54, 1.807) is 0 Å². The molecule has 0 saturated carbocycles. The summed E-state index contributed by atoms with van der Waals surface area (Å²) < 4.78 is 26.0. The maximum absolute atomic E-state index is 11.6. The molecule has 8 nitrogen and oxygen atoms in total. The van der Waals surface area contributed by atoms with Crippen molar-refractivity contribution in [1.82, 2.24) is 0 Å². The van der Waals surface area contributed by atoms with Crippen LogP contribution in [0, 0.1) is 17.0 Å². The van der Waals surface area contributed by atoms with Crippen LogP contribution in [-0.2, 0) is 4.74 Å². The second kappa shape index (κ2) is 5.51. The maximum Gasteiger partial charge on any atom is 0.338 e. The average molecular weight is 316 g/mol. The Morgan fingerprint density at radius 2 is 2.14 bits per heavy atom. The van der Waals surface area contributed by atoms with Gasteiger partial charge in [0.15, 0.2) is 0 Å². The molecule has 0 amide bonds. The van der Waals surface area contributed by atoms with E-state index in [0.29, 0.717) is 13.0 Å². The number of nitro benzene ring substituents is 1. The molecule has 2 rings (SSSR count). The average Bonchev–Trinajstić information content (AvgIpc) is 2.77. The lowest BCUT2D eigenvalue weighted by atomic mass is 10.1. The largest absolute Gasteiger partial charge is 0.465 e. The number of nitrogens with zero attached hydrogens (tertiary/aromatic N) is 2. The first-order valence-corrected chi connectivity index (χ1v) is 7.86. The predicted molar refractivity (Wildman–Crippen MR) is 78.9 cm³/mol. The molecule has 1 aromatic carbocycles. The van der Waals surface area contributed by atoms with Crippen LogP contribution in [-0.4, -0.2) is 39.4 Å². The van der Waals surface area contributed by atoms with Gasteiger partial charge in [0, 0.05) is 12.6 Å². The number of benzene rings is 1. The smallest absolute Gasteiger partial charge is 0.338 e. The molecule has 0 radical (unpaired) electrons. The van der Waals surface area contributed by atoms with Gasteiger partial charge >= 0.3 is 5.97 Å². The van der Waals surface area contributed by atoms with E-state index in [1.165, 1.54) is 24.4 Å². The highest BCUT2D eigenvalue weighted by molar-refractivity contribution is 8.25. The molecule has 1 heterocycles. The normalized spacial score (nSPS) is 18.4. The summed E-state index contributed by atoms with van der Waals surface area (Å²) in [7, 11) is -1.82. The molecule has 2 N–H and O–H groups in total. The van der Waals surface area contributed by atoms with Gasteiger partial charge in [0.25, 0.3) is 5.69 Å². The number of rotatable bonds is 3. The summed E-state index contributed by atoms with van der Waals surface area (Å²) >= 11 is 0.